The first-order valence-electron chi connectivity index (χ1n) is 8.10. The topological polar surface area (TPSA) is 126 Å². The molecule has 4 N–H and O–H groups in total. The highest BCUT2D eigenvalue weighted by molar-refractivity contribution is 5.97. The van der Waals surface area contributed by atoms with E-state index in [-0.39, 0.29) is 5.92 Å². The van der Waals surface area contributed by atoms with Crippen LogP contribution in [0.3, 0.4) is 0 Å². The van der Waals surface area contributed by atoms with Gasteiger partial charge < -0.3 is 20.7 Å². The molecule has 0 spiro atoms. The molecule has 0 aliphatic heterocycles. The summed E-state index contributed by atoms with van der Waals surface area (Å²) in [5.41, 5.74) is 0.569. The quantitative estimate of drug-likeness (QED) is 0.565. The molecule has 5 amide bonds. The van der Waals surface area contributed by atoms with Crippen LogP contribution in [0.5, 0.6) is 0 Å². The minimum absolute atomic E-state index is 0.279. The van der Waals surface area contributed by atoms with E-state index in [2.05, 4.69) is 16.0 Å². The lowest BCUT2D eigenvalue weighted by Gasteiger charge is -2.23. The van der Waals surface area contributed by atoms with Crippen LogP contribution in [0.2, 0.25) is 0 Å². The monoisotopic (exact) mass is 364 g/mol. The average molecular weight is 364 g/mol. The molecule has 0 unspecified atom stereocenters. The molecule has 0 aliphatic carbocycles. The molecule has 9 nitrogen and oxygen atoms in total. The Morgan fingerprint density at radius 3 is 2.12 bits per heavy atom. The number of nitrogens with one attached hydrogen (secondary N) is 4. The van der Waals surface area contributed by atoms with Crippen molar-refractivity contribution in [1.82, 2.24) is 16.0 Å². The number of carbonyl (C=O) groups excluding carboxylic acids is 4. The van der Waals surface area contributed by atoms with Crippen LogP contribution in [0, 0.1) is 5.92 Å². The molecule has 2 atom stereocenters. The molecule has 0 saturated carbocycles. The van der Waals surface area contributed by atoms with Crippen molar-refractivity contribution in [1.29, 1.82) is 0 Å². The molecule has 0 saturated heterocycles. The molecule has 0 aliphatic rings. The Morgan fingerprint density at radius 1 is 0.962 bits per heavy atom. The van der Waals surface area contributed by atoms with E-state index in [0.717, 1.165) is 0 Å². The van der Waals surface area contributed by atoms with Crippen LogP contribution in [0.15, 0.2) is 30.3 Å². The minimum atomic E-state index is -1.19. The molecule has 1 aromatic rings. The second-order valence-electron chi connectivity index (χ2n) is 5.83. The SMILES string of the molecule is CNC(=O)NC(=O)[C@@H](C)OC(=O)[C@@H](NC(=O)Nc1ccccc1)C(C)C. The molecular weight excluding hydrogens is 340 g/mol. The molecule has 26 heavy (non-hydrogen) atoms. The number of para-hydroxylation sites is 1. The Bertz CT molecular complexity index is 648. The first-order valence-corrected chi connectivity index (χ1v) is 8.10. The van der Waals surface area contributed by atoms with E-state index in [9.17, 15) is 19.2 Å². The third kappa shape index (κ3) is 6.80. The Morgan fingerprint density at radius 2 is 1.58 bits per heavy atom. The molecule has 0 aromatic heterocycles. The number of ether oxygens (including phenoxy) is 1. The van der Waals surface area contributed by atoms with Gasteiger partial charge in [0.15, 0.2) is 6.10 Å². The van der Waals surface area contributed by atoms with Gasteiger partial charge in [-0.25, -0.2) is 14.4 Å². The van der Waals surface area contributed by atoms with Gasteiger partial charge in [-0.2, -0.15) is 0 Å². The molecule has 0 bridgehead atoms. The molecule has 142 valence electrons. The molecule has 1 rings (SSSR count). The highest BCUT2D eigenvalue weighted by atomic mass is 16.5. The minimum Gasteiger partial charge on any atom is -0.451 e. The van der Waals surface area contributed by atoms with Crippen molar-refractivity contribution in [2.75, 3.05) is 12.4 Å². The van der Waals surface area contributed by atoms with Crippen molar-refractivity contribution in [2.24, 2.45) is 5.92 Å². The zero-order valence-electron chi connectivity index (χ0n) is 15.2. The summed E-state index contributed by atoms with van der Waals surface area (Å²) in [4.78, 5) is 47.3. The maximum Gasteiger partial charge on any atom is 0.329 e. The van der Waals surface area contributed by atoms with Crippen LogP contribution in [0.25, 0.3) is 0 Å². The fourth-order valence-corrected chi connectivity index (χ4v) is 1.90. The van der Waals surface area contributed by atoms with Crippen molar-refractivity contribution in [2.45, 2.75) is 32.9 Å². The summed E-state index contributed by atoms with van der Waals surface area (Å²) in [6.45, 7) is 4.78. The van der Waals surface area contributed by atoms with Crippen LogP contribution in [0.1, 0.15) is 20.8 Å². The Hall–Kier alpha value is -3.10. The number of imide groups is 1. The standard InChI is InChI=1S/C17H24N4O5/c1-10(2)13(20-17(25)19-12-8-6-5-7-9-12)15(23)26-11(3)14(22)21-16(24)18-4/h5-11,13H,1-4H3,(H2,19,20,25)(H2,18,21,22,24)/t11-,13+/m1/s1. The number of rotatable bonds is 6. The van der Waals surface area contributed by atoms with Crippen LogP contribution in [0.4, 0.5) is 15.3 Å². The summed E-state index contributed by atoms with van der Waals surface area (Å²) in [6.07, 6.45) is -1.19. The van der Waals surface area contributed by atoms with Crippen molar-refractivity contribution >= 4 is 29.6 Å². The van der Waals surface area contributed by atoms with Crippen molar-refractivity contribution in [3.8, 4) is 0 Å². The van der Waals surface area contributed by atoms with Crippen LogP contribution in [-0.2, 0) is 14.3 Å². The first-order chi connectivity index (χ1) is 12.2. The fourth-order valence-electron chi connectivity index (χ4n) is 1.90. The molecule has 0 heterocycles. The molecule has 1 aromatic carbocycles. The van der Waals surface area contributed by atoms with E-state index in [4.69, 9.17) is 4.74 Å². The fraction of sp³-hybridized carbons (Fsp3) is 0.412. The van der Waals surface area contributed by atoms with Gasteiger partial charge >= 0.3 is 18.0 Å². The van der Waals surface area contributed by atoms with Crippen LogP contribution in [-0.4, -0.2) is 43.1 Å². The van der Waals surface area contributed by atoms with Gasteiger partial charge in [0.05, 0.1) is 0 Å². The predicted octanol–water partition coefficient (Wildman–Crippen LogP) is 1.22. The summed E-state index contributed by atoms with van der Waals surface area (Å²) in [5, 5.41) is 9.36. The van der Waals surface area contributed by atoms with E-state index in [1.807, 2.05) is 11.4 Å². The highest BCUT2D eigenvalue weighted by Gasteiger charge is 2.29. The average Bonchev–Trinajstić information content (AvgIpc) is 2.59. The van der Waals surface area contributed by atoms with Crippen molar-refractivity contribution < 1.29 is 23.9 Å². The van der Waals surface area contributed by atoms with Gasteiger partial charge in [-0.3, -0.25) is 10.1 Å². The van der Waals surface area contributed by atoms with E-state index in [1.54, 1.807) is 38.1 Å². The second kappa shape index (κ2) is 10.0. The van der Waals surface area contributed by atoms with E-state index < -0.39 is 36.1 Å². The maximum absolute atomic E-state index is 12.3. The third-order valence-corrected chi connectivity index (χ3v) is 3.36. The van der Waals surface area contributed by atoms with Crippen molar-refractivity contribution in [3.63, 3.8) is 0 Å². The normalized spacial score (nSPS) is 12.5. The third-order valence-electron chi connectivity index (χ3n) is 3.36. The van der Waals surface area contributed by atoms with Gasteiger partial charge in [-0.05, 0) is 25.0 Å². The Balaban J connectivity index is 2.64. The zero-order chi connectivity index (χ0) is 19.7. The maximum atomic E-state index is 12.3. The van der Waals surface area contributed by atoms with Gasteiger partial charge in [0.1, 0.15) is 6.04 Å². The number of benzene rings is 1. The van der Waals surface area contributed by atoms with Crippen LogP contribution >= 0.6 is 0 Å². The number of urea groups is 2. The second-order valence-corrected chi connectivity index (χ2v) is 5.83. The summed E-state index contributed by atoms with van der Waals surface area (Å²) >= 11 is 0. The number of esters is 1. The predicted molar refractivity (Wildman–Crippen MR) is 95.4 cm³/mol. The molecule has 0 fully saturated rings. The first kappa shape index (κ1) is 20.9. The summed E-state index contributed by atoms with van der Waals surface area (Å²) < 4.78 is 5.06. The van der Waals surface area contributed by atoms with Gasteiger partial charge in [-0.15, -0.1) is 0 Å². The zero-order valence-corrected chi connectivity index (χ0v) is 15.2. The molecule has 0 radical (unpaired) electrons. The van der Waals surface area contributed by atoms with Crippen molar-refractivity contribution in [3.05, 3.63) is 30.3 Å². The van der Waals surface area contributed by atoms with Crippen LogP contribution < -0.4 is 21.3 Å². The smallest absolute Gasteiger partial charge is 0.329 e. The largest absolute Gasteiger partial charge is 0.451 e. The summed E-state index contributed by atoms with van der Waals surface area (Å²) in [6, 6.07) is 6.48. The number of anilines is 1. The molecule has 9 heteroatoms. The van der Waals surface area contributed by atoms with E-state index in [1.165, 1.54) is 14.0 Å². The number of hydrogen-bond acceptors (Lipinski definition) is 5. The highest BCUT2D eigenvalue weighted by Crippen LogP contribution is 2.08. The summed E-state index contributed by atoms with van der Waals surface area (Å²) in [5.74, 6) is -1.82. The van der Waals surface area contributed by atoms with Gasteiger partial charge in [0.25, 0.3) is 5.91 Å². The number of amides is 5. The Kier molecular flexibility index (Phi) is 8.07. The van der Waals surface area contributed by atoms with Gasteiger partial charge in [0, 0.05) is 12.7 Å². The Labute approximate surface area is 151 Å². The lowest BCUT2D eigenvalue weighted by molar-refractivity contribution is -0.157. The van der Waals surface area contributed by atoms with E-state index in [0.29, 0.717) is 5.69 Å². The lowest BCUT2D eigenvalue weighted by atomic mass is 10.0. The molecular formula is C17H24N4O5. The lowest BCUT2D eigenvalue weighted by Crippen LogP contribution is -2.49. The number of hydrogen-bond donors (Lipinski definition) is 4. The van der Waals surface area contributed by atoms with E-state index >= 15 is 0 Å². The number of carbonyl (C=O) groups is 4. The van der Waals surface area contributed by atoms with Gasteiger partial charge in [-0.1, -0.05) is 32.0 Å². The van der Waals surface area contributed by atoms with Gasteiger partial charge in [0.2, 0.25) is 0 Å². The summed E-state index contributed by atoms with van der Waals surface area (Å²) in [7, 11) is 1.35.